The minimum atomic E-state index is -1.42. The first-order chi connectivity index (χ1) is 25.6. The van der Waals surface area contributed by atoms with E-state index in [1.54, 1.807) is 20.9 Å². The van der Waals surface area contributed by atoms with Crippen LogP contribution in [-0.4, -0.2) is 96.2 Å². The fraction of sp³-hybridized carbons (Fsp3) is 0.342. The van der Waals surface area contributed by atoms with Crippen LogP contribution in [0.2, 0.25) is 0 Å². The molecule has 2 aromatic carbocycles. The van der Waals surface area contributed by atoms with Crippen molar-refractivity contribution in [3.63, 3.8) is 0 Å². The van der Waals surface area contributed by atoms with Gasteiger partial charge in [0.05, 0.1) is 19.8 Å². The third-order valence-corrected chi connectivity index (χ3v) is 7.94. The third-order valence-electron chi connectivity index (χ3n) is 7.94. The van der Waals surface area contributed by atoms with Gasteiger partial charge in [0.1, 0.15) is 23.4 Å². The second-order valence-electron chi connectivity index (χ2n) is 12.5. The number of carbonyl (C=O) groups excluding carboxylic acids is 5. The maximum atomic E-state index is 14.0. The van der Waals surface area contributed by atoms with E-state index in [-0.39, 0.29) is 46.6 Å². The molecule has 1 fully saturated rings. The second kappa shape index (κ2) is 18.0. The maximum Gasteiger partial charge on any atom is 0.511 e. The number of alkyl carbamates (subject to hydrolysis) is 1. The third kappa shape index (κ3) is 10.4. The van der Waals surface area contributed by atoms with Crippen molar-refractivity contribution >= 4 is 47.6 Å². The number of carbonyl (C=O) groups is 5. The van der Waals surface area contributed by atoms with E-state index in [1.807, 2.05) is 0 Å². The van der Waals surface area contributed by atoms with Crippen LogP contribution in [0.25, 0.3) is 17.2 Å². The zero-order chi connectivity index (χ0) is 39.7. The first-order valence-electron chi connectivity index (χ1n) is 17.0. The highest BCUT2D eigenvalue weighted by molar-refractivity contribution is 6.11. The smallest absolute Gasteiger partial charge is 0.496 e. The van der Waals surface area contributed by atoms with E-state index in [2.05, 4.69) is 22.2 Å². The molecule has 54 heavy (non-hydrogen) atoms. The van der Waals surface area contributed by atoms with Gasteiger partial charge in [0.25, 0.3) is 11.8 Å². The number of amidine groups is 1. The molecule has 4 rings (SSSR count). The largest absolute Gasteiger partial charge is 0.511 e. The van der Waals surface area contributed by atoms with Gasteiger partial charge in [-0.15, -0.1) is 0 Å². The highest BCUT2D eigenvalue weighted by Crippen LogP contribution is 2.35. The number of hydrogen-bond acceptors (Lipinski definition) is 13. The number of rotatable bonds is 14. The summed E-state index contributed by atoms with van der Waals surface area (Å²) < 4.78 is 25.9. The summed E-state index contributed by atoms with van der Waals surface area (Å²) in [5, 5.41) is 22.3. The summed E-state index contributed by atoms with van der Waals surface area (Å²) in [7, 11) is 3.07. The lowest BCUT2D eigenvalue weighted by Crippen LogP contribution is -2.34. The van der Waals surface area contributed by atoms with Crippen molar-refractivity contribution in [1.82, 2.24) is 15.2 Å². The molecule has 3 aromatic rings. The lowest BCUT2D eigenvalue weighted by Gasteiger charge is -2.20. The number of methoxy groups -OCH3 is 1. The van der Waals surface area contributed by atoms with Gasteiger partial charge in [-0.3, -0.25) is 20.3 Å². The van der Waals surface area contributed by atoms with E-state index in [9.17, 15) is 24.0 Å². The summed E-state index contributed by atoms with van der Waals surface area (Å²) in [5.74, 6) is -2.08. The molecule has 1 aliphatic rings. The number of pyridine rings is 1. The summed E-state index contributed by atoms with van der Waals surface area (Å²) in [6, 6.07) is 12.0. The molecule has 16 nitrogen and oxygen atoms in total. The van der Waals surface area contributed by atoms with E-state index < -0.39 is 48.5 Å². The van der Waals surface area contributed by atoms with Gasteiger partial charge < -0.3 is 39.0 Å². The van der Waals surface area contributed by atoms with E-state index in [1.165, 1.54) is 80.5 Å². The molecule has 4 N–H and O–H groups in total. The normalized spacial score (nSPS) is 13.1. The van der Waals surface area contributed by atoms with Crippen molar-refractivity contribution in [2.24, 2.45) is 0 Å². The molecule has 1 aromatic heterocycles. The fourth-order valence-corrected chi connectivity index (χ4v) is 5.03. The second-order valence-corrected chi connectivity index (χ2v) is 12.5. The van der Waals surface area contributed by atoms with Crippen molar-refractivity contribution in [3.8, 4) is 16.9 Å². The van der Waals surface area contributed by atoms with Crippen molar-refractivity contribution in [1.29, 1.82) is 5.41 Å². The molecule has 1 aliphatic carbocycles. The molecule has 0 bridgehead atoms. The number of nitrogens with zero attached hydrogens (tertiary/aromatic N) is 2. The van der Waals surface area contributed by atoms with E-state index in [4.69, 9.17) is 34.2 Å². The predicted molar refractivity (Wildman–Crippen MR) is 196 cm³/mol. The van der Waals surface area contributed by atoms with Gasteiger partial charge in [0.2, 0.25) is 6.29 Å². The first-order valence-corrected chi connectivity index (χ1v) is 17.0. The summed E-state index contributed by atoms with van der Waals surface area (Å²) >= 11 is 0. The van der Waals surface area contributed by atoms with Gasteiger partial charge in [-0.25, -0.2) is 19.4 Å². The minimum absolute atomic E-state index is 0.0499. The Labute approximate surface area is 311 Å². The molecule has 2 atom stereocenters. The Morgan fingerprint density at radius 2 is 1.67 bits per heavy atom. The van der Waals surface area contributed by atoms with Crippen LogP contribution in [-0.2, 0) is 18.9 Å². The molecule has 16 heteroatoms. The Balaban J connectivity index is 1.71. The lowest BCUT2D eigenvalue weighted by molar-refractivity contribution is -0.0868. The van der Waals surface area contributed by atoms with Gasteiger partial charge in [-0.1, -0.05) is 12.7 Å². The average molecular weight is 746 g/mol. The monoisotopic (exact) mass is 745 g/mol. The van der Waals surface area contributed by atoms with Crippen LogP contribution >= 0.6 is 0 Å². The number of benzene rings is 2. The van der Waals surface area contributed by atoms with Crippen molar-refractivity contribution in [2.75, 3.05) is 26.1 Å². The standard InChI is InChI=1S/C38H43N5O11/c1-8-23-17-29(34(45)40-25-11-9-24(10-12-25)33(39)42-37(48)52-21(4)19-44)28(18-31(23)50-7)27-15-16-30(35(46)43(6)26-13-14-26)41-32(27)36(47)53-22(5)54-38(49)51-20(2)3/h8-12,15-18,20-22,26,44H,1,13-14,19H2,2-7H3,(H,40,45)(H2,39,42,48). The number of esters is 1. The topological polar surface area (TPSA) is 216 Å². The van der Waals surface area contributed by atoms with Crippen LogP contribution in [0.3, 0.4) is 0 Å². The molecular formula is C38H43N5O11. The molecule has 3 amide bonds. The molecule has 1 saturated carbocycles. The Bertz CT molecular complexity index is 1930. The number of anilines is 1. The number of amides is 3. The Kier molecular flexibility index (Phi) is 13.5. The number of aliphatic hydroxyl groups is 1. The van der Waals surface area contributed by atoms with Crippen molar-refractivity contribution < 1.29 is 52.8 Å². The first kappa shape index (κ1) is 40.5. The van der Waals surface area contributed by atoms with E-state index >= 15 is 0 Å². The number of aliphatic hydroxyl groups excluding tert-OH is 1. The molecular weight excluding hydrogens is 702 g/mol. The molecule has 0 spiro atoms. The van der Waals surface area contributed by atoms with Gasteiger partial charge in [0.15, 0.2) is 5.69 Å². The summed E-state index contributed by atoms with van der Waals surface area (Å²) in [4.78, 5) is 71.1. The van der Waals surface area contributed by atoms with E-state index in [0.29, 0.717) is 22.6 Å². The zero-order valence-electron chi connectivity index (χ0n) is 30.8. The Morgan fingerprint density at radius 1 is 0.981 bits per heavy atom. The van der Waals surface area contributed by atoms with Crippen LogP contribution < -0.4 is 15.4 Å². The summed E-state index contributed by atoms with van der Waals surface area (Å²) in [5.41, 5.74) is 0.994. The quantitative estimate of drug-likeness (QED) is 0.0538. The zero-order valence-corrected chi connectivity index (χ0v) is 30.8. The van der Waals surface area contributed by atoms with Gasteiger partial charge in [-0.05, 0) is 82.1 Å². The number of aromatic nitrogens is 1. The van der Waals surface area contributed by atoms with Gasteiger partial charge >= 0.3 is 18.2 Å². The van der Waals surface area contributed by atoms with Crippen LogP contribution in [0.1, 0.15) is 83.0 Å². The highest BCUT2D eigenvalue weighted by atomic mass is 16.8. The number of ether oxygens (including phenoxy) is 5. The van der Waals surface area contributed by atoms with Crippen LogP contribution in [0.5, 0.6) is 5.75 Å². The summed E-state index contributed by atoms with van der Waals surface area (Å²) in [6.45, 7) is 9.48. The Hall–Kier alpha value is -6.29. The maximum absolute atomic E-state index is 14.0. The van der Waals surface area contributed by atoms with Crippen molar-refractivity contribution in [2.45, 2.75) is 65.1 Å². The fourth-order valence-electron chi connectivity index (χ4n) is 5.03. The van der Waals surface area contributed by atoms with Gasteiger partial charge in [-0.2, -0.15) is 0 Å². The average Bonchev–Trinajstić information content (AvgIpc) is 3.99. The van der Waals surface area contributed by atoms with Crippen LogP contribution in [0.15, 0.2) is 55.1 Å². The van der Waals surface area contributed by atoms with Crippen LogP contribution in [0, 0.1) is 5.41 Å². The number of nitrogens with one attached hydrogen (secondary N) is 3. The van der Waals surface area contributed by atoms with Crippen molar-refractivity contribution in [3.05, 3.63) is 83.2 Å². The molecule has 2 unspecified atom stereocenters. The predicted octanol–water partition coefficient (Wildman–Crippen LogP) is 5.38. The number of hydrogen-bond donors (Lipinski definition) is 4. The minimum Gasteiger partial charge on any atom is -0.496 e. The molecule has 0 saturated heterocycles. The molecule has 1 heterocycles. The lowest BCUT2D eigenvalue weighted by atomic mass is 9.94. The van der Waals surface area contributed by atoms with Crippen LogP contribution in [0.4, 0.5) is 15.3 Å². The SMILES string of the molecule is C=Cc1cc(C(=O)Nc2ccc(C(=N)NC(=O)OC(C)CO)cc2)c(-c2ccc(C(=O)N(C)C3CC3)nc2C(=O)OC(C)OC(=O)OC(C)C)cc1OC. The molecule has 0 aliphatic heterocycles. The highest BCUT2D eigenvalue weighted by Gasteiger charge is 2.32. The molecule has 0 radical (unpaired) electrons. The van der Waals surface area contributed by atoms with E-state index in [0.717, 1.165) is 12.8 Å². The Morgan fingerprint density at radius 3 is 2.26 bits per heavy atom. The summed E-state index contributed by atoms with van der Waals surface area (Å²) in [6.07, 6.45) is -1.47. The molecule has 286 valence electrons. The van der Waals surface area contributed by atoms with Gasteiger partial charge in [0, 0.05) is 53.5 Å².